The zero-order valence-corrected chi connectivity index (χ0v) is 16.2. The van der Waals surface area contributed by atoms with Crippen LogP contribution in [0.25, 0.3) is 0 Å². The van der Waals surface area contributed by atoms with Gasteiger partial charge in [-0.2, -0.15) is 0 Å². The van der Waals surface area contributed by atoms with Gasteiger partial charge in [0.15, 0.2) is 0 Å². The van der Waals surface area contributed by atoms with Gasteiger partial charge in [-0.15, -0.1) is 0 Å². The molecule has 2 atom stereocenters. The van der Waals surface area contributed by atoms with E-state index in [1.807, 2.05) is 0 Å². The van der Waals surface area contributed by atoms with Crippen molar-refractivity contribution in [2.75, 3.05) is 6.79 Å². The van der Waals surface area contributed by atoms with E-state index in [9.17, 15) is 24.0 Å². The summed E-state index contributed by atoms with van der Waals surface area (Å²) < 4.78 is 28.7. The van der Waals surface area contributed by atoms with Crippen molar-refractivity contribution in [3.8, 4) is 5.75 Å². The number of benzene rings is 1. The van der Waals surface area contributed by atoms with Gasteiger partial charge in [0.05, 0.1) is 11.7 Å². The van der Waals surface area contributed by atoms with Gasteiger partial charge in [0.1, 0.15) is 11.4 Å². The summed E-state index contributed by atoms with van der Waals surface area (Å²) in [7, 11) is 0. The minimum absolute atomic E-state index is 0. The normalized spacial score (nSPS) is 22.0. The molecule has 0 aromatic heterocycles. The summed E-state index contributed by atoms with van der Waals surface area (Å²) in [4.78, 5) is 23.4. The van der Waals surface area contributed by atoms with Crippen LogP contribution in [0, 0.1) is 11.7 Å². The van der Waals surface area contributed by atoms with Crippen molar-refractivity contribution in [1.29, 1.82) is 0 Å². The average molecular weight is 362 g/mol. The van der Waals surface area contributed by atoms with Crippen LogP contribution in [-0.2, 0) is 14.3 Å². The summed E-state index contributed by atoms with van der Waals surface area (Å²) in [6.45, 7) is -0.589. The smallest absolute Gasteiger partial charge is 0.669 e. The van der Waals surface area contributed by atoms with E-state index < -0.39 is 48.6 Å². The zero-order chi connectivity index (χ0) is 17.6. The molecule has 1 aromatic rings. The van der Waals surface area contributed by atoms with Gasteiger partial charge in [0.2, 0.25) is 6.79 Å². The Kier molecular flexibility index (Phi) is 5.85. The van der Waals surface area contributed by atoms with Crippen LogP contribution in [0.15, 0.2) is 12.1 Å². The number of hydrogen-bond donors (Lipinski definition) is 2. The summed E-state index contributed by atoms with van der Waals surface area (Å²) in [5.74, 6) is -3.84. The van der Waals surface area contributed by atoms with Gasteiger partial charge < -0.3 is 24.2 Å². The number of halogens is 1. The van der Waals surface area contributed by atoms with Crippen LogP contribution in [0.3, 0.4) is 0 Å². The number of carbonyl (C=O) groups excluding carboxylic acids is 2. The van der Waals surface area contributed by atoms with E-state index in [1.165, 1.54) is 6.07 Å². The van der Waals surface area contributed by atoms with Crippen LogP contribution in [0.4, 0.5) is 4.39 Å². The molecule has 130 valence electrons. The van der Waals surface area contributed by atoms with E-state index in [1.54, 1.807) is 13.8 Å². The van der Waals surface area contributed by atoms with E-state index in [0.717, 1.165) is 6.07 Å². The third-order valence-electron chi connectivity index (χ3n) is 4.29. The Labute approximate surface area is 165 Å². The van der Waals surface area contributed by atoms with Crippen molar-refractivity contribution in [2.24, 2.45) is 5.92 Å². The van der Waals surface area contributed by atoms with Crippen molar-refractivity contribution in [3.05, 3.63) is 29.1 Å². The fourth-order valence-corrected chi connectivity index (χ4v) is 2.88. The second kappa shape index (κ2) is 7.24. The molecular weight excluding hydrogens is 345 g/mol. The third-order valence-corrected chi connectivity index (χ3v) is 4.29. The van der Waals surface area contributed by atoms with Gasteiger partial charge in [0, 0.05) is 0 Å². The van der Waals surface area contributed by atoms with E-state index in [0.29, 0.717) is 12.0 Å². The summed E-state index contributed by atoms with van der Waals surface area (Å²) in [6.07, 6.45) is 0.492. The Hall–Kier alpha value is -1.13. The Morgan fingerprint density at radius 3 is 2.68 bits per heavy atom. The number of rotatable bonds is 4. The van der Waals surface area contributed by atoms with Crippen LogP contribution in [0.1, 0.15) is 42.1 Å². The molecule has 10 heteroatoms. The molecule has 1 heterocycles. The number of ether oxygens (including phenoxy) is 2. The molecule has 0 amide bonds. The molecule has 0 spiro atoms. The summed E-state index contributed by atoms with van der Waals surface area (Å²) in [5.41, 5.74) is 0.000853. The molecule has 1 aliphatic carbocycles. The molecule has 0 saturated heterocycles. The van der Waals surface area contributed by atoms with Gasteiger partial charge in [-0.1, -0.05) is 32.2 Å². The first-order chi connectivity index (χ1) is 11.2. The van der Waals surface area contributed by atoms with Gasteiger partial charge in [-0.05, 0) is 17.5 Å². The maximum absolute atomic E-state index is 14.1. The molecule has 1 aromatic carbocycles. The molecule has 2 aliphatic rings. The third kappa shape index (κ3) is 3.85. The topological polar surface area (TPSA) is 102 Å². The Balaban J connectivity index is 0.00000225. The van der Waals surface area contributed by atoms with E-state index >= 15 is 0 Å². The van der Waals surface area contributed by atoms with Crippen molar-refractivity contribution in [2.45, 2.75) is 32.0 Å². The molecule has 1 aliphatic heterocycles. The van der Waals surface area contributed by atoms with Crippen LogP contribution < -0.4 is 34.2 Å². The van der Waals surface area contributed by atoms with E-state index in [2.05, 4.69) is 0 Å². The predicted molar refractivity (Wildman–Crippen MR) is 79.5 cm³/mol. The first kappa shape index (κ1) is 20.2. The summed E-state index contributed by atoms with van der Waals surface area (Å²) in [6, 6.07) is 2.55. The van der Waals surface area contributed by atoms with E-state index in [-0.39, 0.29) is 41.2 Å². The van der Waals surface area contributed by atoms with E-state index in [4.69, 9.17) is 14.1 Å². The Bertz CT molecular complexity index is 709. The first-order valence-electron chi connectivity index (χ1n) is 7.66. The van der Waals surface area contributed by atoms with Crippen LogP contribution in [0.5, 0.6) is 5.75 Å². The number of esters is 2. The van der Waals surface area contributed by atoms with Gasteiger partial charge >= 0.3 is 48.3 Å². The van der Waals surface area contributed by atoms with Crippen molar-refractivity contribution >= 4 is 18.7 Å². The molecule has 25 heavy (non-hydrogen) atoms. The molecule has 1 fully saturated rings. The zero-order valence-electron chi connectivity index (χ0n) is 14.2. The Morgan fingerprint density at radius 2 is 2.04 bits per heavy atom. The predicted octanol–water partition coefficient (Wildman–Crippen LogP) is -1.68. The first-order valence-corrected chi connectivity index (χ1v) is 7.66. The quantitative estimate of drug-likeness (QED) is 0.375. The molecule has 0 bridgehead atoms. The molecule has 0 radical (unpaired) electrons. The summed E-state index contributed by atoms with van der Waals surface area (Å²) >= 11 is 0. The maximum Gasteiger partial charge on any atom is 1.00 e. The number of carbonyl (C=O) groups is 2. The fraction of sp³-hybridized carbons (Fsp3) is 0.467. The maximum atomic E-state index is 14.1. The second-order valence-corrected chi connectivity index (χ2v) is 6.39. The van der Waals surface area contributed by atoms with Crippen molar-refractivity contribution in [1.82, 2.24) is 0 Å². The van der Waals surface area contributed by atoms with Crippen molar-refractivity contribution < 1.29 is 67.7 Å². The SMILES string of the molecule is CC(C)C(=O)OCOC(=O)c1c(F)ccc2c1O[B-](O)(O)[C@@H]1C[C@H]21.[Na+]. The molecule has 1 saturated carbocycles. The largest absolute Gasteiger partial charge is 1.00 e. The monoisotopic (exact) mass is 362 g/mol. The minimum atomic E-state index is -3.15. The molecule has 3 rings (SSSR count). The van der Waals surface area contributed by atoms with Crippen LogP contribution >= 0.6 is 0 Å². The Morgan fingerprint density at radius 1 is 1.36 bits per heavy atom. The molecule has 7 nitrogen and oxygen atoms in total. The number of hydrogen-bond acceptors (Lipinski definition) is 7. The molecular formula is C15H17BFNaO7. The molecule has 2 N–H and O–H groups in total. The van der Waals surface area contributed by atoms with Gasteiger partial charge in [0.25, 0.3) is 0 Å². The minimum Gasteiger partial charge on any atom is -0.669 e. The average Bonchev–Trinajstić information content (AvgIpc) is 3.27. The standard InChI is InChI=1S/C15H17BFO7.Na/c1-7(2)14(18)22-6-23-15(19)12-11(17)4-3-8-9-5-10(9)16(20,21)24-13(8)12;/h3-4,7,9-10,20-21H,5-6H2,1-2H3;/q-1;+1/t9-,10-;/m1./s1. The fourth-order valence-electron chi connectivity index (χ4n) is 2.88. The van der Waals surface area contributed by atoms with Crippen LogP contribution in [-0.4, -0.2) is 35.5 Å². The molecule has 0 unspecified atom stereocenters. The van der Waals surface area contributed by atoms with Gasteiger partial charge in [-0.25, -0.2) is 9.18 Å². The van der Waals surface area contributed by atoms with Crippen molar-refractivity contribution in [3.63, 3.8) is 0 Å². The van der Waals surface area contributed by atoms with Gasteiger partial charge in [-0.3, -0.25) is 4.79 Å². The summed E-state index contributed by atoms with van der Waals surface area (Å²) in [5, 5.41) is 19.8. The second-order valence-electron chi connectivity index (χ2n) is 6.39. The number of fused-ring (bicyclic) bond motifs is 3. The van der Waals surface area contributed by atoms with Crippen LogP contribution in [0.2, 0.25) is 5.82 Å².